The maximum Gasteiger partial charge on any atom is 0.573 e. The zero-order valence-electron chi connectivity index (χ0n) is 22.6. The zero-order chi connectivity index (χ0) is 31.6. The number of hydrogen-bond donors (Lipinski definition) is 1. The SMILES string of the molecule is Cc1cn(C)c(Cl)c1S(=O)(=O)NCC(Cc1ccccc1)(c1cccc(OC(F)(F)F)c1)c1cccc(OC(F)(F)F)c1. The predicted molar refractivity (Wildman–Crippen MR) is 148 cm³/mol. The predicted octanol–water partition coefficient (Wildman–Crippen LogP) is 7.29. The van der Waals surface area contributed by atoms with Crippen LogP contribution in [0.15, 0.2) is 90.0 Å². The van der Waals surface area contributed by atoms with E-state index in [1.807, 2.05) is 0 Å². The van der Waals surface area contributed by atoms with Gasteiger partial charge in [0.25, 0.3) is 0 Å². The maximum atomic E-state index is 13.6. The molecule has 1 aromatic heterocycles. The van der Waals surface area contributed by atoms with E-state index < -0.39 is 46.2 Å². The van der Waals surface area contributed by atoms with Gasteiger partial charge >= 0.3 is 12.7 Å². The average molecular weight is 647 g/mol. The lowest BCUT2D eigenvalue weighted by Gasteiger charge is -2.36. The summed E-state index contributed by atoms with van der Waals surface area (Å²) in [6.45, 7) is 1.04. The second kappa shape index (κ2) is 12.1. The molecule has 6 nitrogen and oxygen atoms in total. The van der Waals surface area contributed by atoms with Gasteiger partial charge in [-0.25, -0.2) is 13.1 Å². The van der Waals surface area contributed by atoms with E-state index in [4.69, 9.17) is 11.6 Å². The Morgan fingerprint density at radius 2 is 1.33 bits per heavy atom. The Bertz CT molecular complexity index is 1630. The van der Waals surface area contributed by atoms with Crippen molar-refractivity contribution in [2.75, 3.05) is 6.54 Å². The number of hydrogen-bond acceptors (Lipinski definition) is 4. The minimum Gasteiger partial charge on any atom is -0.406 e. The highest BCUT2D eigenvalue weighted by molar-refractivity contribution is 7.89. The fourth-order valence-corrected chi connectivity index (χ4v) is 6.83. The Kier molecular flexibility index (Phi) is 9.10. The number of aromatic nitrogens is 1. The van der Waals surface area contributed by atoms with Crippen molar-refractivity contribution in [3.05, 3.63) is 112 Å². The molecule has 1 N–H and O–H groups in total. The summed E-state index contributed by atoms with van der Waals surface area (Å²) in [5.41, 5.74) is -0.393. The Labute approximate surface area is 248 Å². The van der Waals surface area contributed by atoms with E-state index in [1.54, 1.807) is 37.4 Å². The number of ether oxygens (including phenoxy) is 2. The van der Waals surface area contributed by atoms with E-state index in [-0.39, 0.29) is 27.6 Å². The number of nitrogens with zero attached hydrogens (tertiary/aromatic N) is 1. The number of rotatable bonds is 10. The fraction of sp³-hybridized carbons (Fsp3) is 0.241. The van der Waals surface area contributed by atoms with Crippen molar-refractivity contribution in [2.45, 2.75) is 36.4 Å². The first-order chi connectivity index (χ1) is 20.0. The number of sulfonamides is 1. The molecule has 230 valence electrons. The van der Waals surface area contributed by atoms with Gasteiger partial charge in [0.15, 0.2) is 0 Å². The van der Waals surface area contributed by atoms with E-state index in [2.05, 4.69) is 14.2 Å². The van der Waals surface area contributed by atoms with Gasteiger partial charge in [-0.3, -0.25) is 0 Å². The number of halogens is 7. The van der Waals surface area contributed by atoms with Crippen LogP contribution in [0.4, 0.5) is 26.3 Å². The molecular formula is C29H25ClF6N2O4S. The first-order valence-corrected chi connectivity index (χ1v) is 14.4. The van der Waals surface area contributed by atoms with E-state index in [1.165, 1.54) is 42.0 Å². The van der Waals surface area contributed by atoms with Crippen molar-refractivity contribution in [1.29, 1.82) is 0 Å². The fourth-order valence-electron chi connectivity index (χ4n) is 4.91. The third-order valence-corrected chi connectivity index (χ3v) is 8.81. The second-order valence-corrected chi connectivity index (χ2v) is 11.8. The van der Waals surface area contributed by atoms with Gasteiger partial charge in [-0.2, -0.15) is 0 Å². The number of benzene rings is 3. The molecule has 0 atom stereocenters. The van der Waals surface area contributed by atoms with Gasteiger partial charge in [0.2, 0.25) is 10.0 Å². The van der Waals surface area contributed by atoms with Crippen molar-refractivity contribution in [2.24, 2.45) is 7.05 Å². The van der Waals surface area contributed by atoms with E-state index >= 15 is 0 Å². The standard InChI is InChI=1S/C29H25ClF6N2O4S/c1-19-17-38(2)26(30)25(19)43(39,40)37-18-27(16-20-8-4-3-5-9-20,21-10-6-12-23(14-21)41-28(31,32)33)22-11-7-13-24(15-22)42-29(34,35)36/h3-15,17,37H,16,18H2,1-2H3. The van der Waals surface area contributed by atoms with Crippen LogP contribution in [-0.4, -0.2) is 32.3 Å². The molecule has 0 fully saturated rings. The molecule has 0 aliphatic rings. The van der Waals surface area contributed by atoms with Gasteiger partial charge in [0.05, 0.1) is 0 Å². The highest BCUT2D eigenvalue weighted by Gasteiger charge is 2.39. The molecule has 43 heavy (non-hydrogen) atoms. The van der Waals surface area contributed by atoms with Crippen molar-refractivity contribution in [3.8, 4) is 11.5 Å². The first-order valence-electron chi connectivity index (χ1n) is 12.6. The monoisotopic (exact) mass is 646 g/mol. The normalized spacial score (nSPS) is 12.8. The van der Waals surface area contributed by atoms with Crippen LogP contribution in [0.5, 0.6) is 11.5 Å². The van der Waals surface area contributed by atoms with E-state index in [0.717, 1.165) is 24.3 Å². The van der Waals surface area contributed by atoms with Crippen molar-refractivity contribution < 1.29 is 44.2 Å². The van der Waals surface area contributed by atoms with Gasteiger partial charge in [-0.15, -0.1) is 26.3 Å². The Morgan fingerprint density at radius 1 is 0.814 bits per heavy atom. The second-order valence-electron chi connectivity index (χ2n) is 9.76. The summed E-state index contributed by atoms with van der Waals surface area (Å²) in [5, 5.41) is -0.0835. The molecule has 0 aliphatic carbocycles. The molecule has 0 saturated carbocycles. The summed E-state index contributed by atoms with van der Waals surface area (Å²) in [6, 6.07) is 18.2. The number of aryl methyl sites for hydroxylation is 2. The quantitative estimate of drug-likeness (QED) is 0.184. The molecule has 4 rings (SSSR count). The Hall–Kier alpha value is -3.68. The van der Waals surface area contributed by atoms with Crippen LogP contribution in [0.25, 0.3) is 0 Å². The molecule has 0 radical (unpaired) electrons. The minimum absolute atomic E-state index is 0.0528. The lowest BCUT2D eigenvalue weighted by Crippen LogP contribution is -2.43. The van der Waals surface area contributed by atoms with Gasteiger partial charge in [0, 0.05) is 25.2 Å². The van der Waals surface area contributed by atoms with Crippen LogP contribution in [0.2, 0.25) is 5.15 Å². The largest absolute Gasteiger partial charge is 0.573 e. The van der Waals surface area contributed by atoms with Crippen molar-refractivity contribution >= 4 is 21.6 Å². The van der Waals surface area contributed by atoms with Gasteiger partial charge in [0.1, 0.15) is 21.5 Å². The average Bonchev–Trinajstić information content (AvgIpc) is 3.16. The Morgan fingerprint density at radius 3 is 1.77 bits per heavy atom. The van der Waals surface area contributed by atoms with Crippen molar-refractivity contribution in [1.82, 2.24) is 9.29 Å². The van der Waals surface area contributed by atoms with E-state index in [9.17, 15) is 34.8 Å². The molecule has 4 aromatic rings. The summed E-state index contributed by atoms with van der Waals surface area (Å²) >= 11 is 6.27. The summed E-state index contributed by atoms with van der Waals surface area (Å²) in [4.78, 5) is -0.214. The zero-order valence-corrected chi connectivity index (χ0v) is 24.2. The molecule has 0 saturated heterocycles. The summed E-state index contributed by atoms with van der Waals surface area (Å²) in [7, 11) is -2.80. The summed E-state index contributed by atoms with van der Waals surface area (Å²) in [6.07, 6.45) is -8.62. The molecular weight excluding hydrogens is 622 g/mol. The van der Waals surface area contributed by atoms with E-state index in [0.29, 0.717) is 11.1 Å². The first kappa shape index (κ1) is 32.2. The van der Waals surface area contributed by atoms with Crippen LogP contribution in [0, 0.1) is 6.92 Å². The summed E-state index contributed by atoms with van der Waals surface area (Å²) < 4.78 is 118. The highest BCUT2D eigenvalue weighted by atomic mass is 35.5. The maximum absolute atomic E-state index is 13.6. The van der Waals surface area contributed by atoms with Gasteiger partial charge in [-0.1, -0.05) is 66.2 Å². The Balaban J connectivity index is 1.94. The molecule has 3 aromatic carbocycles. The van der Waals surface area contributed by atoms with Crippen LogP contribution in [-0.2, 0) is 28.9 Å². The van der Waals surface area contributed by atoms with Crippen LogP contribution in [0.3, 0.4) is 0 Å². The molecule has 0 spiro atoms. The number of alkyl halides is 6. The lowest BCUT2D eigenvalue weighted by atomic mass is 9.70. The van der Waals surface area contributed by atoms with Crippen LogP contribution in [0.1, 0.15) is 22.3 Å². The smallest absolute Gasteiger partial charge is 0.406 e. The summed E-state index contributed by atoms with van der Waals surface area (Å²) in [5.74, 6) is -1.20. The van der Waals surface area contributed by atoms with Crippen LogP contribution < -0.4 is 14.2 Å². The molecule has 0 aliphatic heterocycles. The molecule has 0 amide bonds. The topological polar surface area (TPSA) is 69.6 Å². The molecule has 0 bridgehead atoms. The lowest BCUT2D eigenvalue weighted by molar-refractivity contribution is -0.275. The molecule has 14 heteroatoms. The number of nitrogens with one attached hydrogen (secondary N) is 1. The minimum atomic E-state index is -5.04. The van der Waals surface area contributed by atoms with Crippen molar-refractivity contribution in [3.63, 3.8) is 0 Å². The van der Waals surface area contributed by atoms with Gasteiger partial charge < -0.3 is 14.0 Å². The molecule has 1 heterocycles. The van der Waals surface area contributed by atoms with Crippen LogP contribution >= 0.6 is 11.6 Å². The highest BCUT2D eigenvalue weighted by Crippen LogP contribution is 2.40. The third kappa shape index (κ3) is 7.84. The molecule has 0 unspecified atom stereocenters. The van der Waals surface area contributed by atoms with Gasteiger partial charge in [-0.05, 0) is 59.9 Å². The third-order valence-electron chi connectivity index (χ3n) is 6.66.